The predicted molar refractivity (Wildman–Crippen MR) is 111 cm³/mol. The number of hydrogen-bond donors (Lipinski definition) is 1. The Morgan fingerprint density at radius 3 is 2.70 bits per heavy atom. The molecule has 0 unspecified atom stereocenters. The molecule has 2 aromatic carbocycles. The second kappa shape index (κ2) is 6.65. The monoisotopic (exact) mass is 403 g/mol. The minimum Gasteiger partial charge on any atom is -0.488 e. The second-order valence-electron chi connectivity index (χ2n) is 8.96. The summed E-state index contributed by atoms with van der Waals surface area (Å²) in [6.07, 6.45) is 1.66. The zero-order chi connectivity index (χ0) is 20.9. The number of carbonyl (C=O) groups excluding carboxylic acids is 1. The van der Waals surface area contributed by atoms with Crippen molar-refractivity contribution in [3.63, 3.8) is 0 Å². The van der Waals surface area contributed by atoms with Crippen molar-refractivity contribution >= 4 is 5.91 Å². The van der Waals surface area contributed by atoms with Gasteiger partial charge in [0.2, 0.25) is 5.91 Å². The van der Waals surface area contributed by atoms with Gasteiger partial charge in [-0.1, -0.05) is 36.4 Å². The largest absolute Gasteiger partial charge is 0.488 e. The lowest BCUT2D eigenvalue weighted by molar-refractivity contribution is -0.123. The van der Waals surface area contributed by atoms with Crippen LogP contribution in [0.3, 0.4) is 0 Å². The average molecular weight is 403 g/mol. The van der Waals surface area contributed by atoms with Crippen LogP contribution >= 0.6 is 0 Å². The van der Waals surface area contributed by atoms with Gasteiger partial charge in [0.25, 0.3) is 0 Å². The number of rotatable bonds is 4. The van der Waals surface area contributed by atoms with E-state index < -0.39 is 0 Å². The summed E-state index contributed by atoms with van der Waals surface area (Å²) in [7, 11) is 0. The maximum atomic E-state index is 13.2. The SMILES string of the molecule is C[C@H](NC(=O)[C@H]1C[C@@]12CC(C)(C)Oc1ccccc12)c1nnnn1-c1ccccc1. The Kier molecular flexibility index (Phi) is 4.17. The van der Waals surface area contributed by atoms with Gasteiger partial charge >= 0.3 is 0 Å². The van der Waals surface area contributed by atoms with E-state index in [1.807, 2.05) is 55.5 Å². The number of benzene rings is 2. The van der Waals surface area contributed by atoms with Gasteiger partial charge in [0.15, 0.2) is 5.82 Å². The summed E-state index contributed by atoms with van der Waals surface area (Å²) in [6.45, 7) is 6.10. The van der Waals surface area contributed by atoms with E-state index in [0.717, 1.165) is 29.8 Å². The topological polar surface area (TPSA) is 81.9 Å². The molecular weight excluding hydrogens is 378 g/mol. The molecule has 1 spiro atoms. The van der Waals surface area contributed by atoms with E-state index in [0.29, 0.717) is 5.82 Å². The minimum atomic E-state index is -0.312. The van der Waals surface area contributed by atoms with Crippen LogP contribution < -0.4 is 10.1 Å². The van der Waals surface area contributed by atoms with Crippen molar-refractivity contribution in [2.45, 2.75) is 50.7 Å². The standard InChI is InChI=1S/C23H25N5O2/c1-15(20-25-26-27-28(20)16-9-5-4-6-10-16)24-21(29)18-13-23(18)14-22(2,3)30-19-12-8-7-11-17(19)23/h4-12,15,18H,13-14H2,1-3H3,(H,24,29)/t15-,18+,23-/m0/s1. The van der Waals surface area contributed by atoms with Gasteiger partial charge in [-0.3, -0.25) is 4.79 Å². The third kappa shape index (κ3) is 3.05. The van der Waals surface area contributed by atoms with E-state index in [2.05, 4.69) is 40.8 Å². The Labute approximate surface area is 175 Å². The number of fused-ring (bicyclic) bond motifs is 2. The van der Waals surface area contributed by atoms with E-state index in [1.54, 1.807) is 4.68 Å². The summed E-state index contributed by atoms with van der Waals surface area (Å²) in [6, 6.07) is 17.5. The highest BCUT2D eigenvalue weighted by atomic mass is 16.5. The molecule has 7 heteroatoms. The highest BCUT2D eigenvalue weighted by Gasteiger charge is 2.64. The van der Waals surface area contributed by atoms with Crippen LogP contribution in [0.2, 0.25) is 0 Å². The Morgan fingerprint density at radius 2 is 1.90 bits per heavy atom. The van der Waals surface area contributed by atoms with Gasteiger partial charge in [0.05, 0.1) is 11.7 Å². The number of para-hydroxylation sites is 2. The van der Waals surface area contributed by atoms with Gasteiger partial charge in [0.1, 0.15) is 11.4 Å². The fraction of sp³-hybridized carbons (Fsp3) is 0.391. The van der Waals surface area contributed by atoms with Gasteiger partial charge in [-0.2, -0.15) is 4.68 Å². The van der Waals surface area contributed by atoms with Gasteiger partial charge in [-0.05, 0) is 62.2 Å². The van der Waals surface area contributed by atoms with Gasteiger partial charge in [-0.25, -0.2) is 0 Å². The van der Waals surface area contributed by atoms with E-state index in [-0.39, 0.29) is 28.9 Å². The third-order valence-electron chi connectivity index (χ3n) is 6.18. The molecule has 7 nitrogen and oxygen atoms in total. The van der Waals surface area contributed by atoms with Crippen molar-refractivity contribution in [3.05, 3.63) is 66.0 Å². The number of ether oxygens (including phenoxy) is 1. The third-order valence-corrected chi connectivity index (χ3v) is 6.18. The number of amides is 1. The number of nitrogens with zero attached hydrogens (tertiary/aromatic N) is 4. The molecule has 1 saturated carbocycles. The molecule has 1 aliphatic carbocycles. The van der Waals surface area contributed by atoms with E-state index in [4.69, 9.17) is 4.74 Å². The fourth-order valence-corrected chi connectivity index (χ4v) is 4.89. The smallest absolute Gasteiger partial charge is 0.224 e. The molecular formula is C23H25N5O2. The molecule has 30 heavy (non-hydrogen) atoms. The first-order valence-corrected chi connectivity index (χ1v) is 10.3. The maximum absolute atomic E-state index is 13.2. The van der Waals surface area contributed by atoms with Crippen molar-refractivity contribution in [1.29, 1.82) is 0 Å². The highest BCUT2D eigenvalue weighted by molar-refractivity contribution is 5.85. The van der Waals surface area contributed by atoms with Gasteiger partial charge in [-0.15, -0.1) is 5.10 Å². The molecule has 1 aliphatic heterocycles. The van der Waals surface area contributed by atoms with E-state index >= 15 is 0 Å². The average Bonchev–Trinajstić information content (AvgIpc) is 3.20. The molecule has 3 aromatic rings. The zero-order valence-corrected chi connectivity index (χ0v) is 17.4. The number of tetrazole rings is 1. The molecule has 1 N–H and O–H groups in total. The van der Waals surface area contributed by atoms with E-state index in [1.165, 1.54) is 0 Å². The summed E-state index contributed by atoms with van der Waals surface area (Å²) in [5, 5.41) is 15.2. The number of nitrogens with one attached hydrogen (secondary N) is 1. The summed E-state index contributed by atoms with van der Waals surface area (Å²) in [5.74, 6) is 1.46. The molecule has 3 atom stereocenters. The summed E-state index contributed by atoms with van der Waals surface area (Å²) >= 11 is 0. The van der Waals surface area contributed by atoms with Gasteiger partial charge in [0, 0.05) is 16.9 Å². The maximum Gasteiger partial charge on any atom is 0.224 e. The van der Waals surface area contributed by atoms with Crippen LogP contribution in [0.4, 0.5) is 0 Å². The molecule has 2 heterocycles. The number of carbonyl (C=O) groups is 1. The quantitative estimate of drug-likeness (QED) is 0.722. The van der Waals surface area contributed by atoms with Crippen LogP contribution in [0.25, 0.3) is 5.69 Å². The lowest BCUT2D eigenvalue weighted by atomic mass is 9.80. The number of hydrogen-bond acceptors (Lipinski definition) is 5. The Hall–Kier alpha value is -3.22. The van der Waals surface area contributed by atoms with Crippen molar-refractivity contribution < 1.29 is 9.53 Å². The van der Waals surface area contributed by atoms with Crippen LogP contribution in [-0.4, -0.2) is 31.7 Å². The van der Waals surface area contributed by atoms with Crippen molar-refractivity contribution in [2.75, 3.05) is 0 Å². The minimum absolute atomic E-state index is 0.0395. The molecule has 1 fully saturated rings. The summed E-state index contributed by atoms with van der Waals surface area (Å²) < 4.78 is 7.83. The Balaban J connectivity index is 1.37. The van der Waals surface area contributed by atoms with Crippen molar-refractivity contribution in [1.82, 2.24) is 25.5 Å². The molecule has 2 aliphatic rings. The fourth-order valence-electron chi connectivity index (χ4n) is 4.89. The molecule has 5 rings (SSSR count). The molecule has 1 aromatic heterocycles. The lowest BCUT2D eigenvalue weighted by Crippen LogP contribution is -2.41. The molecule has 0 bridgehead atoms. The Morgan fingerprint density at radius 1 is 1.17 bits per heavy atom. The number of aromatic nitrogens is 4. The van der Waals surface area contributed by atoms with Crippen LogP contribution in [0.15, 0.2) is 54.6 Å². The summed E-state index contributed by atoms with van der Waals surface area (Å²) in [4.78, 5) is 13.2. The first-order chi connectivity index (χ1) is 14.4. The predicted octanol–water partition coefficient (Wildman–Crippen LogP) is 3.36. The zero-order valence-electron chi connectivity index (χ0n) is 17.4. The van der Waals surface area contributed by atoms with Crippen LogP contribution in [0, 0.1) is 5.92 Å². The molecule has 1 amide bonds. The first kappa shape index (κ1) is 18.8. The van der Waals surface area contributed by atoms with E-state index in [9.17, 15) is 4.79 Å². The van der Waals surface area contributed by atoms with Crippen molar-refractivity contribution in [3.8, 4) is 11.4 Å². The molecule has 0 saturated heterocycles. The first-order valence-electron chi connectivity index (χ1n) is 10.3. The van der Waals surface area contributed by atoms with Gasteiger partial charge < -0.3 is 10.1 Å². The normalized spacial score (nSPS) is 24.6. The van der Waals surface area contributed by atoms with Crippen molar-refractivity contribution in [2.24, 2.45) is 5.92 Å². The summed E-state index contributed by atoms with van der Waals surface area (Å²) in [5.41, 5.74) is 1.55. The molecule has 0 radical (unpaired) electrons. The second-order valence-corrected chi connectivity index (χ2v) is 8.96. The molecule has 154 valence electrons. The lowest BCUT2D eigenvalue weighted by Gasteiger charge is -2.38. The van der Waals surface area contributed by atoms with Crippen LogP contribution in [-0.2, 0) is 10.2 Å². The highest BCUT2D eigenvalue weighted by Crippen LogP contribution is 2.63. The Bertz CT molecular complexity index is 1090. The van der Waals surface area contributed by atoms with Crippen LogP contribution in [0.1, 0.15) is 51.0 Å². The van der Waals surface area contributed by atoms with Crippen LogP contribution in [0.5, 0.6) is 5.75 Å².